The molecule has 0 atom stereocenters. The van der Waals surface area contributed by atoms with E-state index in [0.29, 0.717) is 0 Å². The standard InChI is InChI=1S/C14H13N3/c15-10-9-14(13-8-4-5-11-16-13)17-12-6-2-1-3-7-12/h1-11H,15H2/b10-9-,17-14?. The van der Waals surface area contributed by atoms with Gasteiger partial charge in [-0.05, 0) is 36.5 Å². The Kier molecular flexibility index (Phi) is 3.65. The second kappa shape index (κ2) is 5.61. The zero-order valence-electron chi connectivity index (χ0n) is 9.32. The molecular weight excluding hydrogens is 210 g/mol. The fourth-order valence-corrected chi connectivity index (χ4v) is 1.43. The lowest BCUT2D eigenvalue weighted by molar-refractivity contribution is 1.29. The van der Waals surface area contributed by atoms with Crippen LogP contribution in [0.5, 0.6) is 0 Å². The largest absolute Gasteiger partial charge is 0.405 e. The summed E-state index contributed by atoms with van der Waals surface area (Å²) in [6, 6.07) is 15.4. The van der Waals surface area contributed by atoms with Gasteiger partial charge in [-0.2, -0.15) is 0 Å². The van der Waals surface area contributed by atoms with Crippen molar-refractivity contribution in [3.05, 3.63) is 72.7 Å². The molecule has 84 valence electrons. The molecule has 3 nitrogen and oxygen atoms in total. The lowest BCUT2D eigenvalue weighted by Gasteiger charge is -2.00. The number of benzene rings is 1. The predicted molar refractivity (Wildman–Crippen MR) is 70.2 cm³/mol. The average Bonchev–Trinajstić information content (AvgIpc) is 2.40. The minimum atomic E-state index is 0.749. The van der Waals surface area contributed by atoms with Gasteiger partial charge in [-0.3, -0.25) is 4.98 Å². The molecule has 2 N–H and O–H groups in total. The second-order valence-corrected chi connectivity index (χ2v) is 3.41. The summed E-state index contributed by atoms with van der Waals surface area (Å²) >= 11 is 0. The Labute approximate surface area is 100 Å². The van der Waals surface area contributed by atoms with E-state index in [1.807, 2.05) is 48.5 Å². The van der Waals surface area contributed by atoms with E-state index < -0.39 is 0 Å². The molecule has 1 heterocycles. The van der Waals surface area contributed by atoms with E-state index in [9.17, 15) is 0 Å². The number of allylic oxidation sites excluding steroid dienone is 1. The van der Waals surface area contributed by atoms with E-state index in [-0.39, 0.29) is 0 Å². The first-order valence-corrected chi connectivity index (χ1v) is 5.33. The van der Waals surface area contributed by atoms with Gasteiger partial charge in [-0.1, -0.05) is 24.3 Å². The molecule has 0 bridgehead atoms. The Hall–Kier alpha value is -2.42. The monoisotopic (exact) mass is 223 g/mol. The van der Waals surface area contributed by atoms with Crippen molar-refractivity contribution in [2.24, 2.45) is 10.7 Å². The van der Waals surface area contributed by atoms with Crippen LogP contribution in [0.1, 0.15) is 5.69 Å². The fourth-order valence-electron chi connectivity index (χ4n) is 1.43. The summed E-state index contributed by atoms with van der Waals surface area (Å²) in [6.45, 7) is 0. The summed E-state index contributed by atoms with van der Waals surface area (Å²) in [7, 11) is 0. The van der Waals surface area contributed by atoms with Crippen molar-refractivity contribution >= 4 is 11.4 Å². The number of aromatic nitrogens is 1. The minimum absolute atomic E-state index is 0.749. The average molecular weight is 223 g/mol. The molecule has 1 aromatic carbocycles. The van der Waals surface area contributed by atoms with Crippen LogP contribution in [0.25, 0.3) is 0 Å². The molecule has 0 saturated carbocycles. The van der Waals surface area contributed by atoms with Crippen molar-refractivity contribution in [2.75, 3.05) is 0 Å². The maximum Gasteiger partial charge on any atom is 0.0907 e. The maximum absolute atomic E-state index is 5.43. The SMILES string of the molecule is N/C=C\C(=Nc1ccccc1)c1ccccn1. The van der Waals surface area contributed by atoms with Crippen LogP contribution in [0.15, 0.2) is 72.0 Å². The molecule has 0 unspecified atom stereocenters. The molecule has 2 aromatic rings. The van der Waals surface area contributed by atoms with Crippen LogP contribution in [0.3, 0.4) is 0 Å². The Bertz CT molecular complexity index is 516. The van der Waals surface area contributed by atoms with Crippen molar-refractivity contribution in [1.29, 1.82) is 0 Å². The smallest absolute Gasteiger partial charge is 0.0907 e. The summed E-state index contributed by atoms with van der Waals surface area (Å²) in [6.07, 6.45) is 4.95. The summed E-state index contributed by atoms with van der Waals surface area (Å²) in [5.41, 5.74) is 7.87. The van der Waals surface area contributed by atoms with Crippen molar-refractivity contribution in [1.82, 2.24) is 4.98 Å². The molecule has 0 spiro atoms. The highest BCUT2D eigenvalue weighted by Gasteiger charge is 2.00. The lowest BCUT2D eigenvalue weighted by atomic mass is 10.2. The predicted octanol–water partition coefficient (Wildman–Crippen LogP) is 2.67. The zero-order valence-corrected chi connectivity index (χ0v) is 9.32. The number of rotatable bonds is 3. The van der Waals surface area contributed by atoms with Gasteiger partial charge in [0.25, 0.3) is 0 Å². The molecule has 3 heteroatoms. The number of nitrogens with two attached hydrogens (primary N) is 1. The van der Waals surface area contributed by atoms with Gasteiger partial charge in [-0.15, -0.1) is 0 Å². The van der Waals surface area contributed by atoms with E-state index in [0.717, 1.165) is 17.1 Å². The van der Waals surface area contributed by atoms with Gasteiger partial charge in [0.2, 0.25) is 0 Å². The Morgan fingerprint density at radius 3 is 2.47 bits per heavy atom. The first kappa shape index (κ1) is 11.1. The highest BCUT2D eigenvalue weighted by molar-refractivity contribution is 6.08. The summed E-state index contributed by atoms with van der Waals surface area (Å²) < 4.78 is 0. The number of hydrogen-bond acceptors (Lipinski definition) is 3. The van der Waals surface area contributed by atoms with Gasteiger partial charge in [0.1, 0.15) is 0 Å². The van der Waals surface area contributed by atoms with E-state index in [1.165, 1.54) is 6.20 Å². The number of nitrogens with zero attached hydrogens (tertiary/aromatic N) is 2. The maximum atomic E-state index is 5.43. The molecule has 0 amide bonds. The van der Waals surface area contributed by atoms with Crippen LogP contribution in [0.2, 0.25) is 0 Å². The van der Waals surface area contributed by atoms with Gasteiger partial charge in [0, 0.05) is 6.20 Å². The summed E-state index contributed by atoms with van der Waals surface area (Å²) in [5, 5.41) is 0. The topological polar surface area (TPSA) is 51.3 Å². The lowest BCUT2D eigenvalue weighted by Crippen LogP contribution is -2.00. The molecule has 0 aliphatic heterocycles. The Balaban J connectivity index is 2.40. The molecule has 0 radical (unpaired) electrons. The highest BCUT2D eigenvalue weighted by Crippen LogP contribution is 2.12. The van der Waals surface area contributed by atoms with E-state index in [1.54, 1.807) is 12.3 Å². The van der Waals surface area contributed by atoms with E-state index in [4.69, 9.17) is 5.73 Å². The third-order valence-electron chi connectivity index (χ3n) is 2.19. The molecule has 0 fully saturated rings. The van der Waals surface area contributed by atoms with Crippen LogP contribution >= 0.6 is 0 Å². The first-order chi connectivity index (χ1) is 8.40. The number of para-hydroxylation sites is 1. The van der Waals surface area contributed by atoms with E-state index in [2.05, 4.69) is 9.98 Å². The van der Waals surface area contributed by atoms with Crippen LogP contribution in [0.4, 0.5) is 5.69 Å². The quantitative estimate of drug-likeness (QED) is 0.813. The molecule has 17 heavy (non-hydrogen) atoms. The third-order valence-corrected chi connectivity index (χ3v) is 2.19. The van der Waals surface area contributed by atoms with Crippen molar-refractivity contribution in [3.8, 4) is 0 Å². The Morgan fingerprint density at radius 1 is 1.06 bits per heavy atom. The first-order valence-electron chi connectivity index (χ1n) is 5.33. The van der Waals surface area contributed by atoms with Crippen molar-refractivity contribution < 1.29 is 0 Å². The normalized spacial score (nSPS) is 11.9. The third kappa shape index (κ3) is 3.01. The summed E-state index contributed by atoms with van der Waals surface area (Å²) in [5.74, 6) is 0. The van der Waals surface area contributed by atoms with Crippen LogP contribution < -0.4 is 5.73 Å². The van der Waals surface area contributed by atoms with Crippen LogP contribution in [0, 0.1) is 0 Å². The molecule has 0 aliphatic carbocycles. The molecule has 0 saturated heterocycles. The number of hydrogen-bond donors (Lipinski definition) is 1. The molecule has 2 rings (SSSR count). The van der Waals surface area contributed by atoms with E-state index >= 15 is 0 Å². The van der Waals surface area contributed by atoms with Crippen LogP contribution in [-0.2, 0) is 0 Å². The van der Waals surface area contributed by atoms with Gasteiger partial charge in [-0.25, -0.2) is 4.99 Å². The molecule has 0 aliphatic rings. The van der Waals surface area contributed by atoms with Gasteiger partial charge in [0.15, 0.2) is 0 Å². The molecular formula is C14H13N3. The second-order valence-electron chi connectivity index (χ2n) is 3.41. The number of pyridine rings is 1. The minimum Gasteiger partial charge on any atom is -0.405 e. The van der Waals surface area contributed by atoms with Gasteiger partial charge < -0.3 is 5.73 Å². The van der Waals surface area contributed by atoms with Gasteiger partial charge in [0.05, 0.1) is 17.1 Å². The highest BCUT2D eigenvalue weighted by atomic mass is 14.8. The molecule has 1 aromatic heterocycles. The van der Waals surface area contributed by atoms with Crippen LogP contribution in [-0.4, -0.2) is 10.7 Å². The fraction of sp³-hybridized carbons (Fsp3) is 0. The van der Waals surface area contributed by atoms with Crippen molar-refractivity contribution in [3.63, 3.8) is 0 Å². The number of aliphatic imine (C=N–C) groups is 1. The van der Waals surface area contributed by atoms with Gasteiger partial charge >= 0.3 is 0 Å². The van der Waals surface area contributed by atoms with Crippen molar-refractivity contribution in [2.45, 2.75) is 0 Å². The Morgan fingerprint density at radius 2 is 1.82 bits per heavy atom. The summed E-state index contributed by atoms with van der Waals surface area (Å²) in [4.78, 5) is 8.76. The zero-order chi connectivity index (χ0) is 11.9.